The number of carbonyl (C=O) groups excluding carboxylic acids is 1. The van der Waals surface area contributed by atoms with E-state index in [1.165, 1.54) is 49.8 Å². The zero-order valence-electron chi connectivity index (χ0n) is 15.2. The summed E-state index contributed by atoms with van der Waals surface area (Å²) in [6.07, 6.45) is 0. The van der Waals surface area contributed by atoms with Crippen LogP contribution in [-0.2, 0) is 14.9 Å². The highest BCUT2D eigenvalue weighted by atomic mass is 35.5. The number of hydroxylamine groups is 1. The van der Waals surface area contributed by atoms with Crippen molar-refractivity contribution in [1.82, 2.24) is 9.45 Å². The smallest absolute Gasteiger partial charge is 0.264 e. The van der Waals surface area contributed by atoms with Crippen LogP contribution in [0.1, 0.15) is 10.4 Å². The molecule has 0 radical (unpaired) electrons. The molecule has 0 spiro atoms. The van der Waals surface area contributed by atoms with Crippen molar-refractivity contribution in [2.75, 3.05) is 19.5 Å². The number of halogens is 2. The Kier molecular flexibility index (Phi) is 6.57. The number of anilines is 1. The van der Waals surface area contributed by atoms with Crippen molar-refractivity contribution in [3.8, 4) is 11.3 Å². The highest BCUT2D eigenvalue weighted by Gasteiger charge is 2.21. The highest BCUT2D eigenvalue weighted by molar-refractivity contribution is 7.89. The number of hydrogen-bond donors (Lipinski definition) is 1. The van der Waals surface area contributed by atoms with Gasteiger partial charge in [0, 0.05) is 28.6 Å². The highest BCUT2D eigenvalue weighted by Crippen LogP contribution is 2.32. The second-order valence-corrected chi connectivity index (χ2v) is 9.38. The maximum absolute atomic E-state index is 12.5. The first-order valence-corrected chi connectivity index (χ1v) is 11.2. The van der Waals surface area contributed by atoms with Gasteiger partial charge in [0.2, 0.25) is 0 Å². The van der Waals surface area contributed by atoms with Crippen molar-refractivity contribution in [2.24, 2.45) is 0 Å². The molecule has 3 aromatic rings. The molecule has 0 saturated carbocycles. The summed E-state index contributed by atoms with van der Waals surface area (Å²) < 4.78 is 25.1. The van der Waals surface area contributed by atoms with Gasteiger partial charge in [0.05, 0.1) is 22.7 Å². The number of nitrogens with zero attached hydrogens (tertiary/aromatic N) is 2. The van der Waals surface area contributed by atoms with Gasteiger partial charge >= 0.3 is 0 Å². The van der Waals surface area contributed by atoms with Crippen LogP contribution in [0.3, 0.4) is 0 Å². The van der Waals surface area contributed by atoms with E-state index in [0.29, 0.717) is 26.4 Å². The summed E-state index contributed by atoms with van der Waals surface area (Å²) in [6.45, 7) is 0. The van der Waals surface area contributed by atoms with Crippen LogP contribution in [0.25, 0.3) is 11.3 Å². The minimum atomic E-state index is -3.78. The Morgan fingerprint density at radius 2 is 1.86 bits per heavy atom. The van der Waals surface area contributed by atoms with E-state index in [2.05, 4.69) is 10.3 Å². The molecule has 7 nitrogen and oxygen atoms in total. The first kappa shape index (κ1) is 21.7. The topological polar surface area (TPSA) is 88.6 Å². The van der Waals surface area contributed by atoms with E-state index in [0.717, 1.165) is 4.47 Å². The fourth-order valence-corrected chi connectivity index (χ4v) is 4.41. The predicted octanol–water partition coefficient (Wildman–Crippen LogP) is 4.55. The number of nitrogens with one attached hydrogen (secondary N) is 1. The summed E-state index contributed by atoms with van der Waals surface area (Å²) in [6, 6.07) is 10.5. The van der Waals surface area contributed by atoms with Gasteiger partial charge in [0.1, 0.15) is 0 Å². The minimum Gasteiger partial charge on any atom is -0.298 e. The van der Waals surface area contributed by atoms with E-state index in [9.17, 15) is 13.2 Å². The first-order valence-electron chi connectivity index (χ1n) is 8.08. The SMILES string of the molecule is CON(C)S(=O)(=O)c1ccc(C(=O)Nc2nc(-c3cc(Cl)ccc3Cl)cs2)cc1. The largest absolute Gasteiger partial charge is 0.298 e. The molecule has 2 aromatic carbocycles. The Hall–Kier alpha value is -2.01. The molecule has 0 saturated heterocycles. The van der Waals surface area contributed by atoms with E-state index >= 15 is 0 Å². The predicted molar refractivity (Wildman–Crippen MR) is 114 cm³/mol. The van der Waals surface area contributed by atoms with Gasteiger partial charge in [-0.25, -0.2) is 13.4 Å². The van der Waals surface area contributed by atoms with Crippen molar-refractivity contribution in [1.29, 1.82) is 0 Å². The molecule has 1 N–H and O–H groups in total. The van der Waals surface area contributed by atoms with Gasteiger partial charge in [-0.1, -0.05) is 27.7 Å². The van der Waals surface area contributed by atoms with Crippen molar-refractivity contribution in [3.63, 3.8) is 0 Å². The number of carbonyl (C=O) groups is 1. The lowest BCUT2D eigenvalue weighted by Crippen LogP contribution is -2.25. The Balaban J connectivity index is 1.76. The standard InChI is InChI=1S/C18H15Cl2N3O4S2/c1-23(27-2)29(25,26)13-6-3-11(4-7-13)17(24)22-18-21-16(10-28-18)14-9-12(19)5-8-15(14)20/h3-10H,1-2H3,(H,21,22,24). The van der Waals surface area contributed by atoms with Gasteiger partial charge in [-0.05, 0) is 42.5 Å². The van der Waals surface area contributed by atoms with Crippen molar-refractivity contribution in [3.05, 3.63) is 63.5 Å². The van der Waals surface area contributed by atoms with Crippen molar-refractivity contribution < 1.29 is 18.0 Å². The first-order chi connectivity index (χ1) is 13.7. The third kappa shape index (κ3) is 4.77. The number of hydrogen-bond acceptors (Lipinski definition) is 6. The van der Waals surface area contributed by atoms with Gasteiger partial charge in [-0.2, -0.15) is 0 Å². The van der Waals surface area contributed by atoms with E-state index in [1.807, 2.05) is 0 Å². The van der Waals surface area contributed by atoms with Crippen molar-refractivity contribution in [2.45, 2.75) is 4.90 Å². The third-order valence-electron chi connectivity index (χ3n) is 3.94. The molecule has 3 rings (SSSR count). The lowest BCUT2D eigenvalue weighted by atomic mass is 10.2. The molecule has 0 atom stereocenters. The number of aromatic nitrogens is 1. The van der Waals surface area contributed by atoms with E-state index in [1.54, 1.807) is 23.6 Å². The third-order valence-corrected chi connectivity index (χ3v) is 6.96. The van der Waals surface area contributed by atoms with Crippen LogP contribution in [0.2, 0.25) is 10.0 Å². The molecule has 0 unspecified atom stereocenters. The van der Waals surface area contributed by atoms with Gasteiger partial charge in [0.25, 0.3) is 15.9 Å². The molecule has 0 bridgehead atoms. The molecule has 0 aliphatic carbocycles. The molecule has 1 heterocycles. The normalized spacial score (nSPS) is 11.6. The summed E-state index contributed by atoms with van der Waals surface area (Å²) in [5.41, 5.74) is 1.52. The molecule has 0 aliphatic heterocycles. The average Bonchev–Trinajstić information content (AvgIpc) is 3.17. The summed E-state index contributed by atoms with van der Waals surface area (Å²) >= 11 is 13.4. The quantitative estimate of drug-likeness (QED) is 0.532. The number of amides is 1. The molecule has 0 aliphatic rings. The molecule has 152 valence electrons. The number of sulfonamides is 1. The lowest BCUT2D eigenvalue weighted by molar-refractivity contribution is -0.0258. The molecule has 0 fully saturated rings. The molecule has 11 heteroatoms. The Bertz CT molecular complexity index is 1150. The summed E-state index contributed by atoms with van der Waals surface area (Å²) in [7, 11) is -1.25. The van der Waals surface area contributed by atoms with Crippen LogP contribution in [-0.4, -0.2) is 37.9 Å². The molecule has 1 amide bonds. The summed E-state index contributed by atoms with van der Waals surface area (Å²) in [5, 5.41) is 5.83. The number of thiazole rings is 1. The fourth-order valence-electron chi connectivity index (χ4n) is 2.34. The Morgan fingerprint density at radius 1 is 1.17 bits per heavy atom. The van der Waals surface area contributed by atoms with Crippen LogP contribution >= 0.6 is 34.5 Å². The maximum atomic E-state index is 12.5. The van der Waals surface area contributed by atoms with Crippen LogP contribution in [0.4, 0.5) is 5.13 Å². The van der Waals surface area contributed by atoms with Crippen LogP contribution < -0.4 is 5.32 Å². The van der Waals surface area contributed by atoms with Crippen LogP contribution in [0.15, 0.2) is 52.7 Å². The Morgan fingerprint density at radius 3 is 2.52 bits per heavy atom. The van der Waals surface area contributed by atoms with E-state index in [4.69, 9.17) is 28.0 Å². The Labute approximate surface area is 181 Å². The van der Waals surface area contributed by atoms with Gasteiger partial charge in [-0.15, -0.1) is 11.3 Å². The number of benzene rings is 2. The zero-order chi connectivity index (χ0) is 21.2. The molecule has 1 aromatic heterocycles. The molecular weight excluding hydrogens is 457 g/mol. The molecule has 29 heavy (non-hydrogen) atoms. The molecular formula is C18H15Cl2N3O4S2. The van der Waals surface area contributed by atoms with Crippen LogP contribution in [0, 0.1) is 0 Å². The summed E-state index contributed by atoms with van der Waals surface area (Å²) in [4.78, 5) is 21.5. The maximum Gasteiger partial charge on any atom is 0.264 e. The average molecular weight is 472 g/mol. The van der Waals surface area contributed by atoms with E-state index < -0.39 is 15.9 Å². The zero-order valence-corrected chi connectivity index (χ0v) is 18.4. The minimum absolute atomic E-state index is 0.00512. The van der Waals surface area contributed by atoms with Crippen LogP contribution in [0.5, 0.6) is 0 Å². The van der Waals surface area contributed by atoms with E-state index in [-0.39, 0.29) is 10.5 Å². The second-order valence-electron chi connectivity index (χ2n) is 5.74. The van der Waals surface area contributed by atoms with Gasteiger partial charge in [-0.3, -0.25) is 14.9 Å². The van der Waals surface area contributed by atoms with Crippen molar-refractivity contribution >= 4 is 55.6 Å². The lowest BCUT2D eigenvalue weighted by Gasteiger charge is -2.14. The monoisotopic (exact) mass is 471 g/mol. The second kappa shape index (κ2) is 8.78. The summed E-state index contributed by atoms with van der Waals surface area (Å²) in [5.74, 6) is -0.424. The van der Waals surface area contributed by atoms with Gasteiger partial charge in [0.15, 0.2) is 5.13 Å². The fraction of sp³-hybridized carbons (Fsp3) is 0.111. The number of rotatable bonds is 6. The van der Waals surface area contributed by atoms with Gasteiger partial charge < -0.3 is 0 Å².